The minimum atomic E-state index is -0.429. The van der Waals surface area contributed by atoms with Crippen LogP contribution in [0.1, 0.15) is 35.4 Å². The van der Waals surface area contributed by atoms with Crippen LogP contribution in [0.2, 0.25) is 0 Å². The van der Waals surface area contributed by atoms with Crippen molar-refractivity contribution >= 4 is 17.7 Å². The highest BCUT2D eigenvalue weighted by atomic mass is 16.5. The number of carbonyl (C=O) groups is 2. The van der Waals surface area contributed by atoms with Crippen LogP contribution in [0, 0.1) is 0 Å². The lowest BCUT2D eigenvalue weighted by atomic mass is 10.1. The molecule has 38 heavy (non-hydrogen) atoms. The van der Waals surface area contributed by atoms with Gasteiger partial charge < -0.3 is 10.1 Å². The Kier molecular flexibility index (Phi) is 9.45. The van der Waals surface area contributed by atoms with E-state index in [2.05, 4.69) is 20.5 Å². The first-order valence-corrected chi connectivity index (χ1v) is 12.5. The quantitative estimate of drug-likeness (QED) is 0.228. The van der Waals surface area contributed by atoms with Gasteiger partial charge in [0.1, 0.15) is 6.61 Å². The molecule has 0 unspecified atom stereocenters. The minimum absolute atomic E-state index is 0.0513. The first-order chi connectivity index (χ1) is 18.5. The number of nitrogens with zero attached hydrogens (tertiary/aromatic N) is 4. The van der Waals surface area contributed by atoms with Gasteiger partial charge in [0.25, 0.3) is 0 Å². The molecule has 0 bridgehead atoms. The van der Waals surface area contributed by atoms with Crippen molar-refractivity contribution < 1.29 is 14.3 Å². The van der Waals surface area contributed by atoms with E-state index in [1.165, 1.54) is 4.57 Å². The molecule has 0 saturated heterocycles. The third kappa shape index (κ3) is 8.48. The summed E-state index contributed by atoms with van der Waals surface area (Å²) in [7, 11) is 0. The average molecular weight is 512 g/mol. The lowest BCUT2D eigenvalue weighted by Crippen LogP contribution is -2.24. The molecule has 4 aromatic rings. The predicted molar refractivity (Wildman–Crippen MR) is 142 cm³/mol. The summed E-state index contributed by atoms with van der Waals surface area (Å²) in [5, 5.41) is 11.0. The predicted octanol–water partition coefficient (Wildman–Crippen LogP) is 3.52. The summed E-state index contributed by atoms with van der Waals surface area (Å²) in [6, 6.07) is 24.1. The van der Waals surface area contributed by atoms with Crippen LogP contribution in [0.25, 0.3) is 0 Å². The summed E-state index contributed by atoms with van der Waals surface area (Å²) >= 11 is 0. The van der Waals surface area contributed by atoms with Crippen LogP contribution in [0.15, 0.2) is 89.9 Å². The van der Waals surface area contributed by atoms with E-state index in [9.17, 15) is 14.4 Å². The van der Waals surface area contributed by atoms with E-state index < -0.39 is 11.7 Å². The van der Waals surface area contributed by atoms with E-state index in [0.717, 1.165) is 29.7 Å². The number of unbranched alkanes of at least 4 members (excludes halogenated alkanes) is 1. The summed E-state index contributed by atoms with van der Waals surface area (Å²) in [5.41, 5.74) is 2.63. The van der Waals surface area contributed by atoms with Crippen molar-refractivity contribution in [1.29, 1.82) is 0 Å². The molecule has 194 valence electrons. The van der Waals surface area contributed by atoms with E-state index in [0.29, 0.717) is 24.5 Å². The highest BCUT2D eigenvalue weighted by Gasteiger charge is 2.09. The van der Waals surface area contributed by atoms with Gasteiger partial charge in [-0.2, -0.15) is 10.1 Å². The van der Waals surface area contributed by atoms with Crippen molar-refractivity contribution in [3.8, 4) is 0 Å². The molecule has 0 aliphatic rings. The number of anilines is 1. The van der Waals surface area contributed by atoms with Crippen LogP contribution in [0.4, 0.5) is 5.82 Å². The first-order valence-electron chi connectivity index (χ1n) is 12.5. The Morgan fingerprint density at radius 2 is 1.53 bits per heavy atom. The van der Waals surface area contributed by atoms with E-state index >= 15 is 0 Å². The minimum Gasteiger partial charge on any atom is -0.461 e. The zero-order valence-electron chi connectivity index (χ0n) is 21.0. The number of ether oxygens (including phenoxy) is 1. The maximum Gasteiger partial charge on any atom is 0.347 e. The molecule has 0 fully saturated rings. The molecule has 0 aliphatic carbocycles. The topological polar surface area (TPSA) is 116 Å². The Hall–Kier alpha value is -4.66. The van der Waals surface area contributed by atoms with Gasteiger partial charge in [-0.3, -0.25) is 14.2 Å². The zero-order chi connectivity index (χ0) is 26.6. The van der Waals surface area contributed by atoms with Crippen LogP contribution in [0.3, 0.4) is 0 Å². The molecule has 0 spiro atoms. The number of aromatic nitrogens is 4. The van der Waals surface area contributed by atoms with Crippen LogP contribution in [0.5, 0.6) is 0 Å². The van der Waals surface area contributed by atoms with Crippen molar-refractivity contribution in [3.05, 3.63) is 118 Å². The summed E-state index contributed by atoms with van der Waals surface area (Å²) in [6.07, 6.45) is 4.12. The Balaban J connectivity index is 1.16. The summed E-state index contributed by atoms with van der Waals surface area (Å²) in [6.45, 7) is 0.693. The number of hydrogen-bond acceptors (Lipinski definition) is 7. The number of nitrogens with one attached hydrogen (secondary N) is 1. The molecule has 0 radical (unpaired) electrons. The smallest absolute Gasteiger partial charge is 0.347 e. The highest BCUT2D eigenvalue weighted by molar-refractivity contribution is 5.91. The van der Waals surface area contributed by atoms with Crippen molar-refractivity contribution in [2.75, 3.05) is 5.32 Å². The van der Waals surface area contributed by atoms with Gasteiger partial charge >= 0.3 is 11.7 Å². The van der Waals surface area contributed by atoms with Gasteiger partial charge in [0.05, 0.1) is 24.2 Å². The van der Waals surface area contributed by atoms with Crippen LogP contribution in [-0.2, 0) is 46.7 Å². The van der Waals surface area contributed by atoms with Gasteiger partial charge in [0.15, 0.2) is 5.82 Å². The number of carbonyl (C=O) groups excluding carboxylic acids is 2. The maximum absolute atomic E-state index is 12.3. The number of rotatable bonds is 12. The van der Waals surface area contributed by atoms with Gasteiger partial charge in [-0.05, 0) is 48.6 Å². The van der Waals surface area contributed by atoms with Crippen molar-refractivity contribution in [2.24, 2.45) is 0 Å². The Labute approximate surface area is 220 Å². The Morgan fingerprint density at radius 3 is 2.21 bits per heavy atom. The molecule has 1 amide bonds. The molecule has 0 saturated carbocycles. The third-order valence-corrected chi connectivity index (χ3v) is 5.78. The van der Waals surface area contributed by atoms with E-state index in [4.69, 9.17) is 4.74 Å². The molecular weight excluding hydrogens is 482 g/mol. The van der Waals surface area contributed by atoms with Crippen molar-refractivity contribution in [3.63, 3.8) is 0 Å². The number of amides is 1. The summed E-state index contributed by atoms with van der Waals surface area (Å²) < 4.78 is 6.78. The fourth-order valence-electron chi connectivity index (χ4n) is 3.79. The molecular formula is C29H29N5O4. The second kappa shape index (κ2) is 13.6. The third-order valence-electron chi connectivity index (χ3n) is 5.78. The van der Waals surface area contributed by atoms with Gasteiger partial charge in [-0.15, -0.1) is 5.10 Å². The average Bonchev–Trinajstić information content (AvgIpc) is 2.93. The van der Waals surface area contributed by atoms with E-state index in [1.807, 2.05) is 66.7 Å². The zero-order valence-corrected chi connectivity index (χ0v) is 21.0. The molecule has 2 aromatic heterocycles. The highest BCUT2D eigenvalue weighted by Crippen LogP contribution is 2.08. The fraction of sp³-hybridized carbons (Fsp3) is 0.241. The molecule has 9 nitrogen and oxygen atoms in total. The number of esters is 1. The molecule has 9 heteroatoms. The largest absolute Gasteiger partial charge is 0.461 e. The fourth-order valence-corrected chi connectivity index (χ4v) is 3.79. The number of aryl methyl sites for hydroxylation is 2. The first kappa shape index (κ1) is 26.4. The number of benzene rings is 2. The molecule has 0 atom stereocenters. The summed E-state index contributed by atoms with van der Waals surface area (Å²) in [4.78, 5) is 40.6. The van der Waals surface area contributed by atoms with Gasteiger partial charge in [0, 0.05) is 12.7 Å². The Bertz CT molecular complexity index is 1390. The molecule has 0 aliphatic heterocycles. The maximum atomic E-state index is 12.3. The second-order valence-corrected chi connectivity index (χ2v) is 8.80. The lowest BCUT2D eigenvalue weighted by Gasteiger charge is -2.07. The van der Waals surface area contributed by atoms with Crippen molar-refractivity contribution in [2.45, 2.75) is 45.3 Å². The standard InChI is InChI=1S/C29H29N5O4/c35-27(19-22-9-3-1-4-10-22)31-26-15-14-24(32-33-26)13-7-8-17-34-18-16-25(30-29(34)37)20-28(36)38-21-23-11-5-2-6-12-23/h1-6,9-12,14-16,18H,7-8,13,17,19-21H2,(H,31,33,35). The molecule has 2 heterocycles. The Morgan fingerprint density at radius 1 is 0.789 bits per heavy atom. The van der Waals surface area contributed by atoms with Gasteiger partial charge in [-0.1, -0.05) is 60.7 Å². The lowest BCUT2D eigenvalue weighted by molar-refractivity contribution is -0.144. The normalized spacial score (nSPS) is 10.6. The van der Waals surface area contributed by atoms with E-state index in [1.54, 1.807) is 18.3 Å². The molecule has 1 N–H and O–H groups in total. The number of hydrogen-bond donors (Lipinski definition) is 1. The van der Waals surface area contributed by atoms with Crippen LogP contribution >= 0.6 is 0 Å². The van der Waals surface area contributed by atoms with Gasteiger partial charge in [-0.25, -0.2) is 4.79 Å². The van der Waals surface area contributed by atoms with Gasteiger partial charge in [0.2, 0.25) is 5.91 Å². The van der Waals surface area contributed by atoms with Crippen molar-refractivity contribution in [1.82, 2.24) is 19.7 Å². The monoisotopic (exact) mass is 511 g/mol. The second-order valence-electron chi connectivity index (χ2n) is 8.80. The van der Waals surface area contributed by atoms with E-state index in [-0.39, 0.29) is 25.4 Å². The summed E-state index contributed by atoms with van der Waals surface area (Å²) in [5.74, 6) is -0.162. The molecule has 2 aromatic carbocycles. The van der Waals surface area contributed by atoms with Crippen LogP contribution < -0.4 is 11.0 Å². The SMILES string of the molecule is O=C(Cc1ccccc1)Nc1ccc(CCCCn2ccc(CC(=O)OCc3ccccc3)nc2=O)nn1. The van der Waals surface area contributed by atoms with Crippen LogP contribution in [-0.4, -0.2) is 31.6 Å². The molecule has 4 rings (SSSR count).